The van der Waals surface area contributed by atoms with Crippen molar-refractivity contribution >= 4 is 28.9 Å². The molecule has 1 fully saturated rings. The van der Waals surface area contributed by atoms with E-state index in [2.05, 4.69) is 14.8 Å². The van der Waals surface area contributed by atoms with Gasteiger partial charge in [0.2, 0.25) is 0 Å². The lowest BCUT2D eigenvalue weighted by atomic mass is 10.1. The van der Waals surface area contributed by atoms with Crippen molar-refractivity contribution in [1.29, 1.82) is 0 Å². The molecule has 0 amide bonds. The topological polar surface area (TPSA) is 56.7 Å². The van der Waals surface area contributed by atoms with Crippen molar-refractivity contribution in [3.8, 4) is 11.4 Å². The largest absolute Gasteiger partial charge is 0.397 e. The predicted molar refractivity (Wildman–Crippen MR) is 72.9 cm³/mol. The first-order chi connectivity index (χ1) is 8.58. The van der Waals surface area contributed by atoms with Crippen LogP contribution in [0.4, 0.5) is 5.69 Å². The van der Waals surface area contributed by atoms with E-state index in [1.807, 2.05) is 6.92 Å². The van der Waals surface area contributed by atoms with E-state index in [4.69, 9.17) is 28.9 Å². The minimum Gasteiger partial charge on any atom is -0.397 e. The summed E-state index contributed by atoms with van der Waals surface area (Å²) in [6.07, 6.45) is 2.31. The van der Waals surface area contributed by atoms with E-state index in [9.17, 15) is 0 Å². The maximum absolute atomic E-state index is 6.06. The zero-order valence-corrected chi connectivity index (χ0v) is 11.3. The first kappa shape index (κ1) is 11.8. The number of nitrogens with zero attached hydrogens (tertiary/aromatic N) is 3. The number of hydrogen-bond acceptors (Lipinski definition) is 3. The van der Waals surface area contributed by atoms with Crippen LogP contribution < -0.4 is 5.73 Å². The van der Waals surface area contributed by atoms with Gasteiger partial charge >= 0.3 is 0 Å². The van der Waals surface area contributed by atoms with Gasteiger partial charge in [-0.15, -0.1) is 10.2 Å². The van der Waals surface area contributed by atoms with Crippen LogP contribution >= 0.6 is 23.2 Å². The smallest absolute Gasteiger partial charge is 0.166 e. The van der Waals surface area contributed by atoms with Crippen molar-refractivity contribution in [1.82, 2.24) is 14.8 Å². The molecule has 0 unspecified atom stereocenters. The van der Waals surface area contributed by atoms with Crippen molar-refractivity contribution in [2.24, 2.45) is 0 Å². The molecule has 3 rings (SSSR count). The molecule has 0 atom stereocenters. The van der Waals surface area contributed by atoms with Gasteiger partial charge in [0.05, 0.1) is 10.7 Å². The number of nitrogen functional groups attached to an aromatic ring is 1. The summed E-state index contributed by atoms with van der Waals surface area (Å²) in [6.45, 7) is 1.94. The van der Waals surface area contributed by atoms with Gasteiger partial charge in [0.25, 0.3) is 0 Å². The fourth-order valence-electron chi connectivity index (χ4n) is 2.09. The molecule has 0 aliphatic heterocycles. The van der Waals surface area contributed by atoms with E-state index >= 15 is 0 Å². The van der Waals surface area contributed by atoms with Crippen LogP contribution in [0.5, 0.6) is 0 Å². The molecule has 0 bridgehead atoms. The Hall–Kier alpha value is -1.26. The van der Waals surface area contributed by atoms with Crippen molar-refractivity contribution in [2.75, 3.05) is 5.73 Å². The van der Waals surface area contributed by atoms with Crippen LogP contribution in [0.3, 0.4) is 0 Å². The van der Waals surface area contributed by atoms with E-state index < -0.39 is 0 Å². The van der Waals surface area contributed by atoms with Gasteiger partial charge in [-0.2, -0.15) is 0 Å². The highest BCUT2D eigenvalue weighted by Gasteiger charge is 2.29. The Labute approximate surface area is 115 Å². The summed E-state index contributed by atoms with van der Waals surface area (Å²) in [4.78, 5) is 0. The maximum atomic E-state index is 6.06. The van der Waals surface area contributed by atoms with Crippen molar-refractivity contribution < 1.29 is 0 Å². The second-order valence-corrected chi connectivity index (χ2v) is 5.36. The Morgan fingerprint density at radius 3 is 2.67 bits per heavy atom. The molecular formula is C12H12Cl2N4. The monoisotopic (exact) mass is 282 g/mol. The van der Waals surface area contributed by atoms with Gasteiger partial charge in [-0.3, -0.25) is 0 Å². The standard InChI is InChI=1S/C12H12Cl2N4/c1-6-16-17-12(18(6)8-2-3-8)9-4-7(13)5-10(14)11(9)15/h4-5,8H,2-3,15H2,1H3. The quantitative estimate of drug-likeness (QED) is 0.858. The van der Waals surface area contributed by atoms with Crippen LogP contribution in [0.25, 0.3) is 11.4 Å². The lowest BCUT2D eigenvalue weighted by molar-refractivity contribution is 0.717. The van der Waals surface area contributed by atoms with Crippen LogP contribution in [-0.4, -0.2) is 14.8 Å². The van der Waals surface area contributed by atoms with Gasteiger partial charge in [0, 0.05) is 16.6 Å². The third kappa shape index (κ3) is 1.85. The highest BCUT2D eigenvalue weighted by atomic mass is 35.5. The van der Waals surface area contributed by atoms with Crippen LogP contribution in [0.15, 0.2) is 12.1 Å². The number of halogens is 2. The number of benzene rings is 1. The molecule has 0 radical (unpaired) electrons. The fourth-order valence-corrected chi connectivity index (χ4v) is 2.59. The van der Waals surface area contributed by atoms with Crippen LogP contribution in [0.1, 0.15) is 24.7 Å². The van der Waals surface area contributed by atoms with Gasteiger partial charge < -0.3 is 10.3 Å². The summed E-state index contributed by atoms with van der Waals surface area (Å²) in [5, 5.41) is 9.33. The van der Waals surface area contributed by atoms with Crippen LogP contribution in [0.2, 0.25) is 10.0 Å². The average Bonchev–Trinajstić information content (AvgIpc) is 3.08. The van der Waals surface area contributed by atoms with Gasteiger partial charge in [0.1, 0.15) is 5.82 Å². The second kappa shape index (κ2) is 4.14. The molecule has 1 heterocycles. The summed E-state index contributed by atoms with van der Waals surface area (Å²) < 4.78 is 2.11. The van der Waals surface area contributed by atoms with Gasteiger partial charge in [-0.25, -0.2) is 0 Å². The predicted octanol–water partition coefficient (Wildman–Crippen LogP) is 3.48. The second-order valence-electron chi connectivity index (χ2n) is 4.52. The number of aromatic nitrogens is 3. The van der Waals surface area contributed by atoms with E-state index in [0.717, 1.165) is 30.1 Å². The summed E-state index contributed by atoms with van der Waals surface area (Å²) in [7, 11) is 0. The number of nitrogens with two attached hydrogens (primary N) is 1. The van der Waals surface area contributed by atoms with E-state index in [-0.39, 0.29) is 0 Å². The number of anilines is 1. The molecule has 2 aromatic rings. The zero-order chi connectivity index (χ0) is 12.9. The summed E-state index contributed by atoms with van der Waals surface area (Å²) >= 11 is 12.1. The van der Waals surface area contributed by atoms with Crippen LogP contribution in [0, 0.1) is 6.92 Å². The highest BCUT2D eigenvalue weighted by molar-refractivity contribution is 6.37. The number of rotatable bonds is 2. The molecule has 1 aliphatic carbocycles. The molecule has 4 nitrogen and oxygen atoms in total. The molecule has 1 aliphatic rings. The van der Waals surface area contributed by atoms with E-state index in [1.54, 1.807) is 12.1 Å². The zero-order valence-electron chi connectivity index (χ0n) is 9.82. The Bertz CT molecular complexity index is 617. The Morgan fingerprint density at radius 2 is 2.00 bits per heavy atom. The summed E-state index contributed by atoms with van der Waals surface area (Å²) in [5.74, 6) is 1.64. The van der Waals surface area contributed by atoms with Crippen molar-refractivity contribution in [3.05, 3.63) is 28.0 Å². The SMILES string of the molecule is Cc1nnc(-c2cc(Cl)cc(Cl)c2N)n1C1CC1. The summed E-state index contributed by atoms with van der Waals surface area (Å²) in [6, 6.07) is 3.89. The minimum atomic E-state index is 0.445. The maximum Gasteiger partial charge on any atom is 0.166 e. The third-order valence-electron chi connectivity index (χ3n) is 3.11. The molecular weight excluding hydrogens is 271 g/mol. The van der Waals surface area contributed by atoms with Gasteiger partial charge in [-0.05, 0) is 31.9 Å². The normalized spacial score (nSPS) is 15.1. The molecule has 0 spiro atoms. The first-order valence-corrected chi connectivity index (χ1v) is 6.50. The van der Waals surface area contributed by atoms with Crippen molar-refractivity contribution in [3.63, 3.8) is 0 Å². The third-order valence-corrected chi connectivity index (χ3v) is 3.64. The minimum absolute atomic E-state index is 0.445. The highest BCUT2D eigenvalue weighted by Crippen LogP contribution is 2.41. The number of aryl methyl sites for hydroxylation is 1. The molecule has 2 N–H and O–H groups in total. The van der Waals surface area contributed by atoms with Gasteiger partial charge in [-0.1, -0.05) is 23.2 Å². The summed E-state index contributed by atoms with van der Waals surface area (Å²) in [5.41, 5.74) is 7.26. The van der Waals surface area contributed by atoms with E-state index in [0.29, 0.717) is 21.8 Å². The van der Waals surface area contributed by atoms with E-state index in [1.165, 1.54) is 0 Å². The molecule has 0 saturated heterocycles. The Kier molecular flexibility index (Phi) is 2.72. The fraction of sp³-hybridized carbons (Fsp3) is 0.333. The molecule has 6 heteroatoms. The van der Waals surface area contributed by atoms with Gasteiger partial charge in [0.15, 0.2) is 5.82 Å². The Morgan fingerprint density at radius 1 is 1.28 bits per heavy atom. The molecule has 94 valence electrons. The number of hydrogen-bond donors (Lipinski definition) is 1. The lowest BCUT2D eigenvalue weighted by Gasteiger charge is -2.10. The molecule has 1 saturated carbocycles. The molecule has 18 heavy (non-hydrogen) atoms. The lowest BCUT2D eigenvalue weighted by Crippen LogP contribution is -2.02. The molecule has 1 aromatic carbocycles. The molecule has 1 aromatic heterocycles. The Balaban J connectivity index is 2.21. The van der Waals surface area contributed by atoms with Crippen molar-refractivity contribution in [2.45, 2.75) is 25.8 Å². The van der Waals surface area contributed by atoms with Crippen LogP contribution in [-0.2, 0) is 0 Å². The first-order valence-electron chi connectivity index (χ1n) is 5.74. The average molecular weight is 283 g/mol.